The molecular formula is C16H25FN4. The Balaban J connectivity index is 1.87. The van der Waals surface area contributed by atoms with E-state index in [2.05, 4.69) is 34.5 Å². The molecule has 1 saturated heterocycles. The Labute approximate surface area is 126 Å². The van der Waals surface area contributed by atoms with E-state index in [9.17, 15) is 4.39 Å². The van der Waals surface area contributed by atoms with Crippen molar-refractivity contribution in [3.63, 3.8) is 0 Å². The van der Waals surface area contributed by atoms with Gasteiger partial charge in [-0.05, 0) is 51.1 Å². The lowest BCUT2D eigenvalue weighted by Gasteiger charge is -2.21. The first kappa shape index (κ1) is 15.8. The molecule has 0 aliphatic carbocycles. The van der Waals surface area contributed by atoms with Crippen LogP contribution in [0.1, 0.15) is 25.3 Å². The molecule has 0 amide bonds. The Kier molecular flexibility index (Phi) is 5.99. The van der Waals surface area contributed by atoms with Gasteiger partial charge in [0.1, 0.15) is 5.82 Å². The summed E-state index contributed by atoms with van der Waals surface area (Å²) in [6, 6.07) is 7.07. The van der Waals surface area contributed by atoms with E-state index in [1.54, 1.807) is 12.1 Å². The summed E-state index contributed by atoms with van der Waals surface area (Å²) in [4.78, 5) is 6.94. The largest absolute Gasteiger partial charge is 0.357 e. The molecule has 0 aromatic heterocycles. The van der Waals surface area contributed by atoms with E-state index >= 15 is 0 Å². The summed E-state index contributed by atoms with van der Waals surface area (Å²) in [5, 5.41) is 6.65. The monoisotopic (exact) mass is 292 g/mol. The van der Waals surface area contributed by atoms with Crippen LogP contribution < -0.4 is 10.6 Å². The van der Waals surface area contributed by atoms with Crippen LogP contribution in [0, 0.1) is 5.82 Å². The van der Waals surface area contributed by atoms with Crippen molar-refractivity contribution in [1.29, 1.82) is 0 Å². The Morgan fingerprint density at radius 3 is 2.71 bits per heavy atom. The maximum Gasteiger partial charge on any atom is 0.191 e. The van der Waals surface area contributed by atoms with E-state index in [4.69, 9.17) is 0 Å². The van der Waals surface area contributed by atoms with Gasteiger partial charge in [-0.3, -0.25) is 0 Å². The topological polar surface area (TPSA) is 39.7 Å². The molecule has 5 heteroatoms. The Bertz CT molecular complexity index is 458. The first-order chi connectivity index (χ1) is 10.2. The number of nitrogens with zero attached hydrogens (tertiary/aromatic N) is 2. The van der Waals surface area contributed by atoms with Gasteiger partial charge >= 0.3 is 0 Å². The molecule has 1 fully saturated rings. The highest BCUT2D eigenvalue weighted by molar-refractivity contribution is 5.79. The van der Waals surface area contributed by atoms with E-state index in [0.29, 0.717) is 12.6 Å². The number of hydrogen-bond acceptors (Lipinski definition) is 2. The molecule has 1 aliphatic heterocycles. The van der Waals surface area contributed by atoms with Gasteiger partial charge in [-0.25, -0.2) is 9.38 Å². The molecule has 2 N–H and O–H groups in total. The molecule has 116 valence electrons. The minimum absolute atomic E-state index is 0.211. The predicted octanol–water partition coefficient (Wildman–Crippen LogP) is 1.98. The summed E-state index contributed by atoms with van der Waals surface area (Å²) in [6.07, 6.45) is 2.51. The van der Waals surface area contributed by atoms with E-state index in [1.165, 1.54) is 31.5 Å². The zero-order valence-electron chi connectivity index (χ0n) is 12.9. The molecule has 21 heavy (non-hydrogen) atoms. The molecule has 0 spiro atoms. The summed E-state index contributed by atoms with van der Waals surface area (Å²) >= 11 is 0. The van der Waals surface area contributed by atoms with Crippen LogP contribution in [-0.2, 0) is 6.54 Å². The zero-order chi connectivity index (χ0) is 15.1. The third-order valence-electron chi connectivity index (χ3n) is 3.85. The van der Waals surface area contributed by atoms with Crippen molar-refractivity contribution >= 4 is 5.96 Å². The number of guanidine groups is 1. The summed E-state index contributed by atoms with van der Waals surface area (Å²) < 4.78 is 12.9. The third kappa shape index (κ3) is 5.01. The van der Waals surface area contributed by atoms with Crippen molar-refractivity contribution in [2.45, 2.75) is 32.4 Å². The van der Waals surface area contributed by atoms with Gasteiger partial charge in [0.2, 0.25) is 0 Å². The highest BCUT2D eigenvalue weighted by atomic mass is 19.1. The molecule has 1 unspecified atom stereocenters. The number of nitrogens with one attached hydrogen (secondary N) is 2. The second-order valence-corrected chi connectivity index (χ2v) is 5.48. The van der Waals surface area contributed by atoms with Crippen LogP contribution in [0.2, 0.25) is 0 Å². The normalized spacial score (nSPS) is 19.8. The van der Waals surface area contributed by atoms with Crippen molar-refractivity contribution in [2.24, 2.45) is 4.99 Å². The first-order valence-electron chi connectivity index (χ1n) is 7.66. The SMILES string of the molecule is CCNC(=NCc1ccc(F)cc1)NCC1CCCN1C. The average Bonchev–Trinajstić information content (AvgIpc) is 2.89. The number of rotatable bonds is 5. The van der Waals surface area contributed by atoms with Crippen LogP contribution >= 0.6 is 0 Å². The fourth-order valence-electron chi connectivity index (χ4n) is 2.55. The predicted molar refractivity (Wildman–Crippen MR) is 84.9 cm³/mol. The minimum atomic E-state index is -0.211. The molecule has 1 atom stereocenters. The van der Waals surface area contributed by atoms with E-state index in [-0.39, 0.29) is 5.82 Å². The fraction of sp³-hybridized carbons (Fsp3) is 0.562. The zero-order valence-corrected chi connectivity index (χ0v) is 12.9. The molecule has 1 aliphatic rings. The van der Waals surface area contributed by atoms with Gasteiger partial charge < -0.3 is 15.5 Å². The number of halogens is 1. The summed E-state index contributed by atoms with van der Waals surface area (Å²) in [6.45, 7) is 5.52. The second-order valence-electron chi connectivity index (χ2n) is 5.48. The standard InChI is InChI=1S/C16H25FN4/c1-3-18-16(20-12-15-5-4-10-21(15)2)19-11-13-6-8-14(17)9-7-13/h6-9,15H,3-5,10-12H2,1-2H3,(H2,18,19,20). The molecule has 0 bridgehead atoms. The highest BCUT2D eigenvalue weighted by Crippen LogP contribution is 2.13. The number of likely N-dealkylation sites (tertiary alicyclic amines) is 1. The highest BCUT2D eigenvalue weighted by Gasteiger charge is 2.20. The lowest BCUT2D eigenvalue weighted by atomic mass is 10.2. The fourth-order valence-corrected chi connectivity index (χ4v) is 2.55. The van der Waals surface area contributed by atoms with E-state index in [0.717, 1.165) is 24.6 Å². The lowest BCUT2D eigenvalue weighted by molar-refractivity contribution is 0.309. The van der Waals surface area contributed by atoms with Crippen LogP contribution in [0.3, 0.4) is 0 Å². The molecule has 0 saturated carbocycles. The van der Waals surface area contributed by atoms with Crippen molar-refractivity contribution in [1.82, 2.24) is 15.5 Å². The Hall–Kier alpha value is -1.62. The molecule has 2 rings (SSSR count). The van der Waals surface area contributed by atoms with Crippen molar-refractivity contribution < 1.29 is 4.39 Å². The maximum atomic E-state index is 12.9. The van der Waals surface area contributed by atoms with Crippen LogP contribution in [0.4, 0.5) is 4.39 Å². The molecule has 0 radical (unpaired) electrons. The number of benzene rings is 1. The van der Waals surface area contributed by atoms with Crippen molar-refractivity contribution in [3.05, 3.63) is 35.6 Å². The van der Waals surface area contributed by atoms with E-state index in [1.807, 2.05) is 0 Å². The van der Waals surface area contributed by atoms with Crippen LogP contribution in [-0.4, -0.2) is 43.6 Å². The van der Waals surface area contributed by atoms with Crippen LogP contribution in [0.25, 0.3) is 0 Å². The minimum Gasteiger partial charge on any atom is -0.357 e. The van der Waals surface area contributed by atoms with Crippen molar-refractivity contribution in [2.75, 3.05) is 26.7 Å². The summed E-state index contributed by atoms with van der Waals surface area (Å²) in [5.74, 6) is 0.610. The second kappa shape index (κ2) is 7.98. The van der Waals surface area contributed by atoms with Gasteiger partial charge in [-0.15, -0.1) is 0 Å². The van der Waals surface area contributed by atoms with Gasteiger partial charge in [-0.1, -0.05) is 12.1 Å². The van der Waals surface area contributed by atoms with Gasteiger partial charge in [0.05, 0.1) is 6.54 Å². The van der Waals surface area contributed by atoms with E-state index < -0.39 is 0 Å². The Morgan fingerprint density at radius 1 is 1.33 bits per heavy atom. The van der Waals surface area contributed by atoms with Crippen LogP contribution in [0.5, 0.6) is 0 Å². The number of hydrogen-bond donors (Lipinski definition) is 2. The molecule has 1 aromatic rings. The molecule has 1 aromatic carbocycles. The summed E-state index contributed by atoms with van der Waals surface area (Å²) in [7, 11) is 2.17. The average molecular weight is 292 g/mol. The number of likely N-dealkylation sites (N-methyl/N-ethyl adjacent to an activating group) is 1. The molecule has 4 nitrogen and oxygen atoms in total. The molecule has 1 heterocycles. The molecular weight excluding hydrogens is 267 g/mol. The third-order valence-corrected chi connectivity index (χ3v) is 3.85. The maximum absolute atomic E-state index is 12.9. The quantitative estimate of drug-likeness (QED) is 0.644. The van der Waals surface area contributed by atoms with Crippen LogP contribution in [0.15, 0.2) is 29.3 Å². The Morgan fingerprint density at radius 2 is 2.10 bits per heavy atom. The van der Waals surface area contributed by atoms with Gasteiger partial charge in [0, 0.05) is 19.1 Å². The summed E-state index contributed by atoms with van der Waals surface area (Å²) in [5.41, 5.74) is 1.01. The number of aliphatic imine (C=N–C) groups is 1. The smallest absolute Gasteiger partial charge is 0.191 e. The first-order valence-corrected chi connectivity index (χ1v) is 7.66. The van der Waals surface area contributed by atoms with Gasteiger partial charge in [-0.2, -0.15) is 0 Å². The van der Waals surface area contributed by atoms with Crippen molar-refractivity contribution in [3.8, 4) is 0 Å². The van der Waals surface area contributed by atoms with Gasteiger partial charge in [0.25, 0.3) is 0 Å². The van der Waals surface area contributed by atoms with Gasteiger partial charge in [0.15, 0.2) is 5.96 Å². The lowest BCUT2D eigenvalue weighted by Crippen LogP contribution is -2.44.